The number of hydrogen-bond acceptors (Lipinski definition) is 7. The Morgan fingerprint density at radius 2 is 2.14 bits per heavy atom. The highest BCUT2D eigenvalue weighted by atomic mass is 19.1. The van der Waals surface area contributed by atoms with Gasteiger partial charge in [-0.05, 0) is 12.1 Å². The molecule has 0 atom stereocenters. The minimum Gasteiger partial charge on any atom is -0.378 e. The Morgan fingerprint density at radius 3 is 2.91 bits per heavy atom. The van der Waals surface area contributed by atoms with Crippen molar-refractivity contribution in [2.75, 3.05) is 36.6 Å². The molecular formula is C14H15FN6O. The van der Waals surface area contributed by atoms with Gasteiger partial charge in [0.05, 0.1) is 31.3 Å². The maximum absolute atomic E-state index is 13.9. The van der Waals surface area contributed by atoms with Gasteiger partial charge < -0.3 is 9.64 Å². The highest BCUT2D eigenvalue weighted by molar-refractivity contribution is 5.77. The van der Waals surface area contributed by atoms with Crippen LogP contribution in [0, 0.1) is 5.82 Å². The van der Waals surface area contributed by atoms with Crippen LogP contribution in [0.4, 0.5) is 16.2 Å². The van der Waals surface area contributed by atoms with Gasteiger partial charge in [0.2, 0.25) is 5.95 Å². The van der Waals surface area contributed by atoms with Gasteiger partial charge in [-0.15, -0.1) is 0 Å². The van der Waals surface area contributed by atoms with Crippen LogP contribution in [0.1, 0.15) is 5.69 Å². The molecule has 7 nitrogen and oxygen atoms in total. The van der Waals surface area contributed by atoms with Gasteiger partial charge in [-0.25, -0.2) is 14.8 Å². The van der Waals surface area contributed by atoms with Crippen LogP contribution in [-0.2, 0) is 4.74 Å². The van der Waals surface area contributed by atoms with E-state index in [1.165, 1.54) is 0 Å². The number of hydrazone groups is 1. The number of nitrogens with one attached hydrogen (secondary N) is 1. The van der Waals surface area contributed by atoms with Gasteiger partial charge in [-0.1, -0.05) is 6.07 Å². The highest BCUT2D eigenvalue weighted by Crippen LogP contribution is 2.18. The number of anilines is 2. The van der Waals surface area contributed by atoms with Crippen LogP contribution in [-0.4, -0.2) is 47.5 Å². The molecule has 114 valence electrons. The first-order valence-electron chi connectivity index (χ1n) is 6.88. The second-order valence-electron chi connectivity index (χ2n) is 4.59. The summed E-state index contributed by atoms with van der Waals surface area (Å²) in [5, 5.41) is 4.00. The Kier molecular flexibility index (Phi) is 4.50. The van der Waals surface area contributed by atoms with Crippen molar-refractivity contribution in [3.63, 3.8) is 0 Å². The predicted octanol–water partition coefficient (Wildman–Crippen LogP) is 1.29. The quantitative estimate of drug-likeness (QED) is 0.677. The molecule has 1 fully saturated rings. The fourth-order valence-electron chi connectivity index (χ4n) is 2.02. The van der Waals surface area contributed by atoms with Crippen LogP contribution in [0.3, 0.4) is 0 Å². The minimum atomic E-state index is -0.457. The highest BCUT2D eigenvalue weighted by Gasteiger charge is 2.17. The van der Waals surface area contributed by atoms with E-state index in [1.54, 1.807) is 12.4 Å². The lowest BCUT2D eigenvalue weighted by Crippen LogP contribution is -2.37. The van der Waals surface area contributed by atoms with E-state index in [4.69, 9.17) is 4.74 Å². The Hall–Kier alpha value is -2.61. The van der Waals surface area contributed by atoms with E-state index in [-0.39, 0.29) is 11.8 Å². The van der Waals surface area contributed by atoms with Crippen molar-refractivity contribution < 1.29 is 9.13 Å². The summed E-state index contributed by atoms with van der Waals surface area (Å²) < 4.78 is 19.1. The van der Waals surface area contributed by atoms with Crippen LogP contribution < -0.4 is 10.3 Å². The molecule has 0 radical (unpaired) electrons. The van der Waals surface area contributed by atoms with Crippen molar-refractivity contribution in [3.05, 3.63) is 42.1 Å². The minimum absolute atomic E-state index is 0.232. The molecular weight excluding hydrogens is 287 g/mol. The monoisotopic (exact) mass is 302 g/mol. The summed E-state index contributed by atoms with van der Waals surface area (Å²) >= 11 is 0. The summed E-state index contributed by atoms with van der Waals surface area (Å²) in [7, 11) is 0. The Morgan fingerprint density at radius 1 is 1.27 bits per heavy atom. The molecule has 2 aromatic rings. The van der Waals surface area contributed by atoms with Gasteiger partial charge in [0.1, 0.15) is 0 Å². The average molecular weight is 302 g/mol. The molecule has 0 spiro atoms. The van der Waals surface area contributed by atoms with Gasteiger partial charge >= 0.3 is 0 Å². The Bertz CT molecular complexity index is 645. The second-order valence-corrected chi connectivity index (χ2v) is 4.59. The van der Waals surface area contributed by atoms with Crippen molar-refractivity contribution in [1.29, 1.82) is 0 Å². The standard InChI is InChI=1S/C14H15FN6O/c15-12-10-17-14(19-13(12)21-5-7-22-8-6-21)20-18-9-11-3-1-2-4-16-11/h1-4,9-10H,5-8H2,(H,17,19,20)/b18-9-. The summed E-state index contributed by atoms with van der Waals surface area (Å²) in [5.41, 5.74) is 3.38. The van der Waals surface area contributed by atoms with Crippen LogP contribution in [0.25, 0.3) is 0 Å². The summed E-state index contributed by atoms with van der Waals surface area (Å²) in [6.07, 6.45) is 4.35. The third-order valence-electron chi connectivity index (χ3n) is 3.09. The van der Waals surface area contributed by atoms with Gasteiger partial charge in [-0.2, -0.15) is 10.1 Å². The molecule has 1 aliphatic heterocycles. The second kappa shape index (κ2) is 6.90. The molecule has 1 N–H and O–H groups in total. The number of nitrogens with zero attached hydrogens (tertiary/aromatic N) is 5. The summed E-state index contributed by atoms with van der Waals surface area (Å²) in [6.45, 7) is 2.32. The smallest absolute Gasteiger partial charge is 0.245 e. The first-order chi connectivity index (χ1) is 10.8. The SMILES string of the molecule is Fc1cnc(N/N=C\c2ccccn2)nc1N1CCOCC1. The molecule has 0 bridgehead atoms. The number of halogens is 1. The normalized spacial score (nSPS) is 15.2. The van der Waals surface area contributed by atoms with Gasteiger partial charge in [-0.3, -0.25) is 4.98 Å². The Labute approximate surface area is 126 Å². The van der Waals surface area contributed by atoms with Gasteiger partial charge in [0.25, 0.3) is 0 Å². The van der Waals surface area contributed by atoms with E-state index in [9.17, 15) is 4.39 Å². The zero-order valence-corrected chi connectivity index (χ0v) is 11.8. The van der Waals surface area contributed by atoms with E-state index < -0.39 is 5.82 Å². The lowest BCUT2D eigenvalue weighted by atomic mass is 10.4. The van der Waals surface area contributed by atoms with Crippen molar-refractivity contribution in [2.45, 2.75) is 0 Å². The molecule has 3 heterocycles. The lowest BCUT2D eigenvalue weighted by molar-refractivity contribution is 0.122. The molecule has 22 heavy (non-hydrogen) atoms. The molecule has 1 aliphatic rings. The van der Waals surface area contributed by atoms with Crippen molar-refractivity contribution in [3.8, 4) is 0 Å². The predicted molar refractivity (Wildman–Crippen MR) is 80.5 cm³/mol. The maximum Gasteiger partial charge on any atom is 0.245 e. The number of morpholine rings is 1. The van der Waals surface area contributed by atoms with Crippen molar-refractivity contribution in [2.24, 2.45) is 5.10 Å². The molecule has 0 amide bonds. The van der Waals surface area contributed by atoms with Crippen molar-refractivity contribution >= 4 is 18.0 Å². The lowest BCUT2D eigenvalue weighted by Gasteiger charge is -2.27. The molecule has 8 heteroatoms. The fourth-order valence-corrected chi connectivity index (χ4v) is 2.02. The van der Waals surface area contributed by atoms with E-state index in [2.05, 4.69) is 25.5 Å². The van der Waals surface area contributed by atoms with Crippen molar-refractivity contribution in [1.82, 2.24) is 15.0 Å². The summed E-state index contributed by atoms with van der Waals surface area (Å²) in [4.78, 5) is 14.0. The Balaban J connectivity index is 1.70. The average Bonchev–Trinajstić information content (AvgIpc) is 2.58. The molecule has 0 aromatic carbocycles. The molecule has 2 aromatic heterocycles. The first-order valence-corrected chi connectivity index (χ1v) is 6.88. The van der Waals surface area contributed by atoms with Crippen LogP contribution >= 0.6 is 0 Å². The van der Waals surface area contributed by atoms with Gasteiger partial charge in [0, 0.05) is 19.3 Å². The zero-order chi connectivity index (χ0) is 15.2. The molecule has 0 aliphatic carbocycles. The number of rotatable bonds is 4. The summed E-state index contributed by atoms with van der Waals surface area (Å²) in [5.74, 6) is 0.0325. The van der Waals surface area contributed by atoms with E-state index in [0.29, 0.717) is 32.0 Å². The molecule has 3 rings (SSSR count). The molecule has 0 unspecified atom stereocenters. The number of aromatic nitrogens is 3. The first kappa shape index (κ1) is 14.3. The van der Waals surface area contributed by atoms with Crippen LogP contribution in [0.15, 0.2) is 35.7 Å². The third kappa shape index (κ3) is 3.53. The van der Waals surface area contributed by atoms with E-state index in [1.807, 2.05) is 23.1 Å². The zero-order valence-electron chi connectivity index (χ0n) is 11.8. The van der Waals surface area contributed by atoms with Crippen LogP contribution in [0.2, 0.25) is 0 Å². The fraction of sp³-hybridized carbons (Fsp3) is 0.286. The number of pyridine rings is 1. The van der Waals surface area contributed by atoms with E-state index >= 15 is 0 Å². The topological polar surface area (TPSA) is 75.5 Å². The van der Waals surface area contributed by atoms with E-state index in [0.717, 1.165) is 6.20 Å². The maximum atomic E-state index is 13.9. The van der Waals surface area contributed by atoms with Crippen LogP contribution in [0.5, 0.6) is 0 Å². The number of ether oxygens (including phenoxy) is 1. The molecule has 0 saturated carbocycles. The summed E-state index contributed by atoms with van der Waals surface area (Å²) in [6, 6.07) is 5.50. The third-order valence-corrected chi connectivity index (χ3v) is 3.09. The van der Waals surface area contributed by atoms with Gasteiger partial charge in [0.15, 0.2) is 11.6 Å². The number of hydrogen-bond donors (Lipinski definition) is 1. The largest absolute Gasteiger partial charge is 0.378 e. The molecule has 1 saturated heterocycles.